The van der Waals surface area contributed by atoms with Crippen LogP contribution in [-0.2, 0) is 6.42 Å². The van der Waals surface area contributed by atoms with Crippen LogP contribution in [0.3, 0.4) is 0 Å². The van der Waals surface area contributed by atoms with Crippen LogP contribution >= 0.6 is 0 Å². The lowest BCUT2D eigenvalue weighted by Crippen LogP contribution is -2.13. The van der Waals surface area contributed by atoms with Crippen LogP contribution in [0.5, 0.6) is 0 Å². The quantitative estimate of drug-likeness (QED) is 0.762. The van der Waals surface area contributed by atoms with Gasteiger partial charge < -0.3 is 11.5 Å². The monoisotopic (exact) mass is 320 g/mol. The highest BCUT2D eigenvalue weighted by Crippen LogP contribution is 2.22. The third-order valence-corrected chi connectivity index (χ3v) is 3.73. The van der Waals surface area contributed by atoms with Crippen LogP contribution in [0.1, 0.15) is 37.5 Å². The first-order valence-electron chi connectivity index (χ1n) is 7.38. The highest BCUT2D eigenvalue weighted by Gasteiger charge is 2.12. The van der Waals surface area contributed by atoms with Gasteiger partial charge in [0.05, 0.1) is 11.1 Å². The Morgan fingerprint density at radius 1 is 1.04 bits per heavy atom. The van der Waals surface area contributed by atoms with E-state index in [0.29, 0.717) is 28.8 Å². The standard InChI is InChI=1S/C18H16N4O2/c1-10-4-13-5-11(7-15(18(20)24)16(13)22-9-10)6-14-8-12(17(19)23)2-3-21-14/h2-5,7-9H,6H2,1H3,(H2,19,23)(H2,20,24). The van der Waals surface area contributed by atoms with E-state index < -0.39 is 11.8 Å². The minimum atomic E-state index is -0.531. The molecular weight excluding hydrogens is 304 g/mol. The number of rotatable bonds is 4. The minimum absolute atomic E-state index is 0.369. The number of carbonyl (C=O) groups is 2. The predicted molar refractivity (Wildman–Crippen MR) is 90.6 cm³/mol. The molecule has 2 amide bonds. The number of aryl methyl sites for hydroxylation is 1. The molecule has 2 heterocycles. The maximum atomic E-state index is 11.8. The third-order valence-electron chi connectivity index (χ3n) is 3.73. The fourth-order valence-corrected chi connectivity index (χ4v) is 2.65. The van der Waals surface area contributed by atoms with Gasteiger partial charge in [0.2, 0.25) is 5.91 Å². The van der Waals surface area contributed by atoms with Gasteiger partial charge in [0.15, 0.2) is 0 Å². The van der Waals surface area contributed by atoms with E-state index in [1.807, 2.05) is 19.1 Å². The Morgan fingerprint density at radius 2 is 1.83 bits per heavy atom. The number of primary amides is 2. The fraction of sp³-hybridized carbons (Fsp3) is 0.111. The number of nitrogens with zero attached hydrogens (tertiary/aromatic N) is 2. The lowest BCUT2D eigenvalue weighted by Gasteiger charge is -2.08. The SMILES string of the molecule is Cc1cnc2c(C(N)=O)cc(Cc3cc(C(N)=O)ccn3)cc2c1. The summed E-state index contributed by atoms with van der Waals surface area (Å²) in [5.41, 5.74) is 14.7. The third kappa shape index (κ3) is 3.08. The molecule has 0 radical (unpaired) electrons. The summed E-state index contributed by atoms with van der Waals surface area (Å²) in [7, 11) is 0. The lowest BCUT2D eigenvalue weighted by atomic mass is 10.00. The molecule has 6 nitrogen and oxygen atoms in total. The van der Waals surface area contributed by atoms with E-state index in [-0.39, 0.29) is 0 Å². The van der Waals surface area contributed by atoms with E-state index in [9.17, 15) is 9.59 Å². The van der Waals surface area contributed by atoms with Gasteiger partial charge in [-0.1, -0.05) is 0 Å². The molecule has 0 saturated heterocycles. The molecule has 2 aromatic heterocycles. The summed E-state index contributed by atoms with van der Waals surface area (Å²) >= 11 is 0. The van der Waals surface area contributed by atoms with Crippen molar-refractivity contribution in [2.45, 2.75) is 13.3 Å². The van der Waals surface area contributed by atoms with E-state index in [1.165, 1.54) is 6.20 Å². The van der Waals surface area contributed by atoms with Crippen LogP contribution in [-0.4, -0.2) is 21.8 Å². The smallest absolute Gasteiger partial charge is 0.250 e. The number of pyridine rings is 2. The predicted octanol–water partition coefficient (Wildman–Crippen LogP) is 1.73. The van der Waals surface area contributed by atoms with Crippen molar-refractivity contribution in [2.24, 2.45) is 11.5 Å². The molecule has 0 spiro atoms. The summed E-state index contributed by atoms with van der Waals surface area (Å²) in [4.78, 5) is 31.6. The van der Waals surface area contributed by atoms with Gasteiger partial charge in [0.25, 0.3) is 5.91 Å². The molecule has 0 atom stereocenters. The van der Waals surface area contributed by atoms with Gasteiger partial charge in [-0.3, -0.25) is 19.6 Å². The van der Waals surface area contributed by atoms with Crippen molar-refractivity contribution in [3.63, 3.8) is 0 Å². The number of hydrogen-bond donors (Lipinski definition) is 2. The molecule has 0 unspecified atom stereocenters. The molecule has 24 heavy (non-hydrogen) atoms. The molecule has 1 aromatic carbocycles. The molecule has 0 fully saturated rings. The van der Waals surface area contributed by atoms with Gasteiger partial charge >= 0.3 is 0 Å². The lowest BCUT2D eigenvalue weighted by molar-refractivity contribution is 0.0992. The Kier molecular flexibility index (Phi) is 3.95. The van der Waals surface area contributed by atoms with Gasteiger partial charge in [-0.25, -0.2) is 0 Å². The number of fused-ring (bicyclic) bond motifs is 1. The average Bonchev–Trinajstić information content (AvgIpc) is 2.53. The molecule has 3 aromatic rings. The normalized spacial score (nSPS) is 10.7. The summed E-state index contributed by atoms with van der Waals surface area (Å²) in [5.74, 6) is -1.04. The Morgan fingerprint density at radius 3 is 2.54 bits per heavy atom. The highest BCUT2D eigenvalue weighted by molar-refractivity contribution is 6.05. The van der Waals surface area contributed by atoms with Crippen molar-refractivity contribution < 1.29 is 9.59 Å². The van der Waals surface area contributed by atoms with Crippen molar-refractivity contribution in [2.75, 3.05) is 0 Å². The summed E-state index contributed by atoms with van der Waals surface area (Å²) in [6.45, 7) is 1.93. The Balaban J connectivity index is 2.08. The first-order valence-corrected chi connectivity index (χ1v) is 7.38. The van der Waals surface area contributed by atoms with Crippen molar-refractivity contribution in [3.8, 4) is 0 Å². The van der Waals surface area contributed by atoms with Crippen LogP contribution in [0, 0.1) is 6.92 Å². The Bertz CT molecular complexity index is 966. The molecule has 0 bridgehead atoms. The van der Waals surface area contributed by atoms with Crippen LogP contribution < -0.4 is 11.5 Å². The van der Waals surface area contributed by atoms with Crippen molar-refractivity contribution in [3.05, 3.63) is 70.7 Å². The van der Waals surface area contributed by atoms with Gasteiger partial charge in [0, 0.05) is 35.5 Å². The van der Waals surface area contributed by atoms with E-state index in [0.717, 1.165) is 16.5 Å². The number of benzene rings is 1. The zero-order valence-electron chi connectivity index (χ0n) is 13.1. The molecule has 0 aliphatic rings. The molecule has 4 N–H and O–H groups in total. The van der Waals surface area contributed by atoms with Crippen molar-refractivity contribution in [1.82, 2.24) is 9.97 Å². The van der Waals surface area contributed by atoms with Crippen LogP contribution in [0.2, 0.25) is 0 Å². The Labute approximate surface area is 138 Å². The van der Waals surface area contributed by atoms with E-state index in [1.54, 1.807) is 24.4 Å². The molecular formula is C18H16N4O2. The number of aromatic nitrogens is 2. The maximum absolute atomic E-state index is 11.8. The van der Waals surface area contributed by atoms with Gasteiger partial charge in [-0.05, 0) is 48.4 Å². The molecule has 120 valence electrons. The zero-order valence-corrected chi connectivity index (χ0v) is 13.1. The van der Waals surface area contributed by atoms with Crippen LogP contribution in [0.4, 0.5) is 0 Å². The molecule has 0 aliphatic heterocycles. The summed E-state index contributed by atoms with van der Waals surface area (Å²) in [6.07, 6.45) is 3.69. The van der Waals surface area contributed by atoms with E-state index in [4.69, 9.17) is 11.5 Å². The first kappa shape index (κ1) is 15.6. The zero-order chi connectivity index (χ0) is 17.3. The summed E-state index contributed by atoms with van der Waals surface area (Å²) in [6, 6.07) is 8.82. The molecule has 0 aliphatic carbocycles. The van der Waals surface area contributed by atoms with E-state index in [2.05, 4.69) is 9.97 Å². The van der Waals surface area contributed by atoms with Crippen molar-refractivity contribution >= 4 is 22.7 Å². The van der Waals surface area contributed by atoms with E-state index >= 15 is 0 Å². The maximum Gasteiger partial charge on any atom is 0.250 e. The number of carbonyl (C=O) groups excluding carboxylic acids is 2. The minimum Gasteiger partial charge on any atom is -0.366 e. The molecule has 6 heteroatoms. The summed E-state index contributed by atoms with van der Waals surface area (Å²) in [5, 5.41) is 0.840. The van der Waals surface area contributed by atoms with Crippen LogP contribution in [0.25, 0.3) is 10.9 Å². The first-order chi connectivity index (χ1) is 11.4. The Hall–Kier alpha value is -3.28. The molecule has 0 saturated carbocycles. The van der Waals surface area contributed by atoms with Gasteiger partial charge in [0.1, 0.15) is 0 Å². The molecule has 3 rings (SSSR count). The largest absolute Gasteiger partial charge is 0.366 e. The second kappa shape index (κ2) is 6.08. The number of hydrogen-bond acceptors (Lipinski definition) is 4. The average molecular weight is 320 g/mol. The second-order valence-electron chi connectivity index (χ2n) is 5.67. The highest BCUT2D eigenvalue weighted by atomic mass is 16.1. The van der Waals surface area contributed by atoms with Crippen molar-refractivity contribution in [1.29, 1.82) is 0 Å². The fourth-order valence-electron chi connectivity index (χ4n) is 2.65. The second-order valence-corrected chi connectivity index (χ2v) is 5.67. The van der Waals surface area contributed by atoms with Gasteiger partial charge in [-0.15, -0.1) is 0 Å². The van der Waals surface area contributed by atoms with Crippen LogP contribution in [0.15, 0.2) is 42.7 Å². The number of amides is 2. The summed E-state index contributed by atoms with van der Waals surface area (Å²) < 4.78 is 0. The topological polar surface area (TPSA) is 112 Å². The van der Waals surface area contributed by atoms with Gasteiger partial charge in [-0.2, -0.15) is 0 Å². The number of nitrogens with two attached hydrogens (primary N) is 2.